The predicted octanol–water partition coefficient (Wildman–Crippen LogP) is 4.31. The number of rotatable bonds is 6. The number of hydrazone groups is 1. The Labute approximate surface area is 143 Å². The molecule has 25 heavy (non-hydrogen) atoms. The van der Waals surface area contributed by atoms with Gasteiger partial charge in [-0.05, 0) is 30.3 Å². The highest BCUT2D eigenvalue weighted by molar-refractivity contribution is 5.79. The third-order valence-electron chi connectivity index (χ3n) is 3.45. The predicted molar refractivity (Wildman–Crippen MR) is 95.0 cm³/mol. The van der Waals surface area contributed by atoms with Crippen LogP contribution in [0, 0.1) is 10.1 Å². The molecule has 1 heterocycles. The average molecular weight is 337 g/mol. The molecule has 7 heteroatoms. The Morgan fingerprint density at radius 1 is 1.16 bits per heavy atom. The second kappa shape index (κ2) is 7.31. The molecule has 0 aliphatic heterocycles. The van der Waals surface area contributed by atoms with E-state index in [-0.39, 0.29) is 5.69 Å². The third kappa shape index (κ3) is 3.84. The molecular weight excluding hydrogens is 322 g/mol. The van der Waals surface area contributed by atoms with Crippen LogP contribution in [0.4, 0.5) is 11.4 Å². The Kier molecular flexibility index (Phi) is 4.75. The number of non-ortho nitro benzene ring substituents is 1. The van der Waals surface area contributed by atoms with Crippen LogP contribution < -0.4 is 10.2 Å². The first-order valence-corrected chi connectivity index (χ1v) is 7.44. The first-order valence-electron chi connectivity index (χ1n) is 7.44. The van der Waals surface area contributed by atoms with Gasteiger partial charge in [0.2, 0.25) is 0 Å². The topological polar surface area (TPSA) is 89.9 Å². The van der Waals surface area contributed by atoms with E-state index in [2.05, 4.69) is 10.5 Å². The molecule has 0 radical (unpaired) electrons. The molecule has 7 nitrogen and oxygen atoms in total. The second-order valence-electron chi connectivity index (χ2n) is 5.08. The van der Waals surface area contributed by atoms with Crippen LogP contribution in [-0.2, 0) is 0 Å². The molecule has 3 rings (SSSR count). The van der Waals surface area contributed by atoms with Gasteiger partial charge in [-0.25, -0.2) is 0 Å². The van der Waals surface area contributed by atoms with Gasteiger partial charge in [0.05, 0.1) is 29.5 Å². The number of nitro groups is 1. The number of nitrogens with zero attached hydrogens (tertiary/aromatic N) is 2. The fourth-order valence-corrected chi connectivity index (χ4v) is 2.25. The number of furan rings is 1. The normalized spacial score (nSPS) is 10.8. The standard InChI is InChI=1S/C18H15N3O4/c1-24-17-9-7-14(21(22)23)11-16(17)18-10-8-15(25-18)12-19-20-13-5-3-2-4-6-13/h2-12,20H,1H3. The second-order valence-corrected chi connectivity index (χ2v) is 5.08. The lowest BCUT2D eigenvalue weighted by Gasteiger charge is -2.05. The highest BCUT2D eigenvalue weighted by Crippen LogP contribution is 2.34. The van der Waals surface area contributed by atoms with Crippen molar-refractivity contribution in [2.45, 2.75) is 0 Å². The monoisotopic (exact) mass is 337 g/mol. The average Bonchev–Trinajstić information content (AvgIpc) is 3.10. The van der Waals surface area contributed by atoms with Crippen LogP contribution in [0.15, 0.2) is 70.2 Å². The molecule has 0 unspecified atom stereocenters. The van der Waals surface area contributed by atoms with Crippen molar-refractivity contribution < 1.29 is 14.1 Å². The van der Waals surface area contributed by atoms with Crippen molar-refractivity contribution in [3.63, 3.8) is 0 Å². The van der Waals surface area contributed by atoms with Crippen LogP contribution in [0.1, 0.15) is 5.76 Å². The molecule has 1 aromatic heterocycles. The van der Waals surface area contributed by atoms with Crippen molar-refractivity contribution in [2.24, 2.45) is 5.10 Å². The number of nitrogens with one attached hydrogen (secondary N) is 1. The molecule has 0 atom stereocenters. The van der Waals surface area contributed by atoms with Gasteiger partial charge >= 0.3 is 0 Å². The number of anilines is 1. The maximum Gasteiger partial charge on any atom is 0.270 e. The van der Waals surface area contributed by atoms with Gasteiger partial charge in [0, 0.05) is 12.1 Å². The minimum Gasteiger partial charge on any atom is -0.496 e. The van der Waals surface area contributed by atoms with Gasteiger partial charge in [-0.3, -0.25) is 15.5 Å². The van der Waals surface area contributed by atoms with Crippen molar-refractivity contribution >= 4 is 17.6 Å². The molecule has 0 saturated carbocycles. The van der Waals surface area contributed by atoms with E-state index in [0.29, 0.717) is 22.8 Å². The number of para-hydroxylation sites is 1. The molecule has 0 spiro atoms. The lowest BCUT2D eigenvalue weighted by Crippen LogP contribution is -1.92. The van der Waals surface area contributed by atoms with Crippen LogP contribution in [0.5, 0.6) is 5.75 Å². The van der Waals surface area contributed by atoms with Gasteiger partial charge in [-0.2, -0.15) is 5.10 Å². The Hall–Kier alpha value is -3.61. The first-order chi connectivity index (χ1) is 12.2. The number of ether oxygens (including phenoxy) is 1. The van der Waals surface area contributed by atoms with Crippen molar-refractivity contribution in [2.75, 3.05) is 12.5 Å². The maximum atomic E-state index is 11.0. The van der Waals surface area contributed by atoms with Gasteiger partial charge in [0.25, 0.3) is 5.69 Å². The zero-order valence-corrected chi connectivity index (χ0v) is 13.4. The van der Waals surface area contributed by atoms with Crippen molar-refractivity contribution in [1.29, 1.82) is 0 Å². The summed E-state index contributed by atoms with van der Waals surface area (Å²) in [5, 5.41) is 15.1. The maximum absolute atomic E-state index is 11.0. The lowest BCUT2D eigenvalue weighted by atomic mass is 10.1. The Balaban J connectivity index is 1.81. The van der Waals surface area contributed by atoms with E-state index in [9.17, 15) is 10.1 Å². The van der Waals surface area contributed by atoms with Crippen LogP contribution in [-0.4, -0.2) is 18.2 Å². The summed E-state index contributed by atoms with van der Waals surface area (Å²) >= 11 is 0. The highest BCUT2D eigenvalue weighted by atomic mass is 16.6. The smallest absolute Gasteiger partial charge is 0.270 e. The number of nitro benzene ring substituents is 1. The van der Waals surface area contributed by atoms with E-state index >= 15 is 0 Å². The molecule has 2 aromatic carbocycles. The number of hydrogen-bond donors (Lipinski definition) is 1. The van der Waals surface area contributed by atoms with Crippen LogP contribution in [0.3, 0.4) is 0 Å². The van der Waals surface area contributed by atoms with Gasteiger partial charge < -0.3 is 9.15 Å². The van der Waals surface area contributed by atoms with Gasteiger partial charge in [0.15, 0.2) is 0 Å². The number of benzene rings is 2. The molecule has 0 aliphatic rings. The van der Waals surface area contributed by atoms with Gasteiger partial charge in [-0.15, -0.1) is 0 Å². The van der Waals surface area contributed by atoms with E-state index in [1.807, 2.05) is 30.3 Å². The van der Waals surface area contributed by atoms with E-state index in [4.69, 9.17) is 9.15 Å². The summed E-state index contributed by atoms with van der Waals surface area (Å²) in [6.45, 7) is 0. The number of methoxy groups -OCH3 is 1. The summed E-state index contributed by atoms with van der Waals surface area (Å²) < 4.78 is 10.9. The van der Waals surface area contributed by atoms with Crippen molar-refractivity contribution in [1.82, 2.24) is 0 Å². The summed E-state index contributed by atoms with van der Waals surface area (Å²) in [5.41, 5.74) is 4.21. The van der Waals surface area contributed by atoms with Crippen molar-refractivity contribution in [3.8, 4) is 17.1 Å². The molecule has 0 amide bonds. The Bertz CT molecular complexity index is 904. The number of hydrogen-bond acceptors (Lipinski definition) is 6. The van der Waals surface area contributed by atoms with E-state index in [1.165, 1.54) is 25.5 Å². The SMILES string of the molecule is COc1ccc([N+](=O)[O-])cc1-c1ccc(C=NNc2ccccc2)o1. The van der Waals surface area contributed by atoms with Crippen LogP contribution in [0.2, 0.25) is 0 Å². The molecule has 0 aliphatic carbocycles. The van der Waals surface area contributed by atoms with E-state index in [0.717, 1.165) is 5.69 Å². The highest BCUT2D eigenvalue weighted by Gasteiger charge is 2.15. The van der Waals surface area contributed by atoms with Crippen LogP contribution in [0.25, 0.3) is 11.3 Å². The van der Waals surface area contributed by atoms with E-state index in [1.54, 1.807) is 18.2 Å². The summed E-state index contributed by atoms with van der Waals surface area (Å²) in [5.74, 6) is 1.46. The molecule has 0 bridgehead atoms. The summed E-state index contributed by atoms with van der Waals surface area (Å²) in [7, 11) is 1.50. The third-order valence-corrected chi connectivity index (χ3v) is 3.45. The van der Waals surface area contributed by atoms with Crippen molar-refractivity contribution in [3.05, 3.63) is 76.5 Å². The minimum atomic E-state index is -0.460. The summed E-state index contributed by atoms with van der Waals surface area (Å²) in [4.78, 5) is 10.5. The van der Waals surface area contributed by atoms with Gasteiger partial charge in [-0.1, -0.05) is 18.2 Å². The summed E-state index contributed by atoms with van der Waals surface area (Å²) in [6, 6.07) is 17.3. The first kappa shape index (κ1) is 16.3. The molecule has 0 fully saturated rings. The molecule has 3 aromatic rings. The molecular formula is C18H15N3O4. The lowest BCUT2D eigenvalue weighted by molar-refractivity contribution is -0.384. The Morgan fingerprint density at radius 3 is 2.68 bits per heavy atom. The van der Waals surface area contributed by atoms with Gasteiger partial charge in [0.1, 0.15) is 17.3 Å². The fraction of sp³-hybridized carbons (Fsp3) is 0.0556. The summed E-state index contributed by atoms with van der Waals surface area (Å²) in [6.07, 6.45) is 1.53. The van der Waals surface area contributed by atoms with Crippen LogP contribution >= 0.6 is 0 Å². The Morgan fingerprint density at radius 2 is 1.96 bits per heavy atom. The molecule has 1 N–H and O–H groups in total. The zero-order valence-electron chi connectivity index (χ0n) is 13.4. The van der Waals surface area contributed by atoms with E-state index < -0.39 is 4.92 Å². The zero-order chi connectivity index (χ0) is 17.6. The minimum absolute atomic E-state index is 0.0341. The molecule has 126 valence electrons. The largest absolute Gasteiger partial charge is 0.496 e. The fourth-order valence-electron chi connectivity index (χ4n) is 2.25. The quantitative estimate of drug-likeness (QED) is 0.411. The molecule has 0 saturated heterocycles.